The Bertz CT molecular complexity index is 609. The molecule has 5 heteroatoms. The molecule has 0 spiro atoms. The Kier molecular flexibility index (Phi) is 4.63. The smallest absolute Gasteiger partial charge is 0.251 e. The quantitative estimate of drug-likeness (QED) is 0.534. The van der Waals surface area contributed by atoms with Crippen LogP contribution in [-0.2, 0) is 4.79 Å². The largest absolute Gasteiger partial charge is 0.618 e. The second kappa shape index (κ2) is 6.43. The summed E-state index contributed by atoms with van der Waals surface area (Å²) in [6.45, 7) is 3.98. The summed E-state index contributed by atoms with van der Waals surface area (Å²) >= 11 is 1.22. The van der Waals surface area contributed by atoms with Gasteiger partial charge in [-0.3, -0.25) is 4.79 Å². The number of carbonyl (C=O) groups excluding carboxylic acids is 1. The molecule has 0 aliphatic heterocycles. The van der Waals surface area contributed by atoms with Crippen molar-refractivity contribution >= 4 is 23.4 Å². The fourth-order valence-electron chi connectivity index (χ4n) is 1.91. The first-order chi connectivity index (χ1) is 9.54. The van der Waals surface area contributed by atoms with E-state index in [-0.39, 0.29) is 11.7 Å². The minimum absolute atomic E-state index is 0.121. The van der Waals surface area contributed by atoms with Crippen LogP contribution in [0.3, 0.4) is 0 Å². The average molecular weight is 288 g/mol. The van der Waals surface area contributed by atoms with Crippen LogP contribution in [0.2, 0.25) is 0 Å². The molecule has 1 amide bonds. The first-order valence-electron chi connectivity index (χ1n) is 6.24. The van der Waals surface area contributed by atoms with Crippen molar-refractivity contribution < 1.29 is 9.52 Å². The van der Waals surface area contributed by atoms with Crippen LogP contribution in [0.25, 0.3) is 0 Å². The van der Waals surface area contributed by atoms with Crippen molar-refractivity contribution in [2.24, 2.45) is 0 Å². The van der Waals surface area contributed by atoms with E-state index in [1.807, 2.05) is 26.0 Å². The van der Waals surface area contributed by atoms with Gasteiger partial charge in [0.25, 0.3) is 5.03 Å². The minimum Gasteiger partial charge on any atom is -0.618 e. The summed E-state index contributed by atoms with van der Waals surface area (Å²) in [7, 11) is 0. The molecular weight excluding hydrogens is 272 g/mol. The SMILES string of the molecule is Cc1cc(C)cc(NC(=O)CSc2cccc[n+]2[O-])c1. The zero-order chi connectivity index (χ0) is 14.5. The molecule has 0 saturated carbocycles. The fraction of sp³-hybridized carbons (Fsp3) is 0.200. The minimum atomic E-state index is -0.121. The lowest BCUT2D eigenvalue weighted by Gasteiger charge is -2.07. The highest BCUT2D eigenvalue weighted by atomic mass is 32.2. The van der Waals surface area contributed by atoms with Gasteiger partial charge in [0, 0.05) is 17.8 Å². The van der Waals surface area contributed by atoms with Crippen LogP contribution >= 0.6 is 11.8 Å². The molecule has 0 aliphatic rings. The van der Waals surface area contributed by atoms with Gasteiger partial charge >= 0.3 is 0 Å². The highest BCUT2D eigenvalue weighted by molar-refractivity contribution is 7.99. The van der Waals surface area contributed by atoms with Gasteiger partial charge in [0.2, 0.25) is 5.91 Å². The summed E-state index contributed by atoms with van der Waals surface area (Å²) in [5.41, 5.74) is 3.00. The summed E-state index contributed by atoms with van der Waals surface area (Å²) in [6.07, 6.45) is 1.42. The van der Waals surface area contributed by atoms with Crippen LogP contribution in [0.15, 0.2) is 47.6 Å². The van der Waals surface area contributed by atoms with E-state index < -0.39 is 0 Å². The van der Waals surface area contributed by atoms with Crippen LogP contribution in [0.1, 0.15) is 11.1 Å². The molecule has 0 fully saturated rings. The lowest BCUT2D eigenvalue weighted by molar-refractivity contribution is -0.645. The monoisotopic (exact) mass is 288 g/mol. The van der Waals surface area contributed by atoms with Gasteiger partial charge < -0.3 is 10.5 Å². The third-order valence-corrected chi connectivity index (χ3v) is 3.66. The van der Waals surface area contributed by atoms with Crippen molar-refractivity contribution in [2.75, 3.05) is 11.1 Å². The van der Waals surface area contributed by atoms with Gasteiger partial charge in [-0.15, -0.1) is 0 Å². The molecule has 1 heterocycles. The molecule has 2 aromatic rings. The fourth-order valence-corrected chi connectivity index (χ4v) is 2.62. The molecule has 0 radical (unpaired) electrons. The van der Waals surface area contributed by atoms with E-state index >= 15 is 0 Å². The predicted octanol–water partition coefficient (Wildman–Crippen LogP) is 2.67. The summed E-state index contributed by atoms with van der Waals surface area (Å²) in [5, 5.41) is 14.8. The lowest BCUT2D eigenvalue weighted by Crippen LogP contribution is -2.28. The number of rotatable bonds is 4. The number of benzene rings is 1. The topological polar surface area (TPSA) is 56.0 Å². The summed E-state index contributed by atoms with van der Waals surface area (Å²) in [5.74, 6) is 0.0861. The molecule has 4 nitrogen and oxygen atoms in total. The molecule has 1 N–H and O–H groups in total. The van der Waals surface area contributed by atoms with Crippen molar-refractivity contribution in [2.45, 2.75) is 18.9 Å². The number of pyridine rings is 1. The third kappa shape index (κ3) is 3.99. The third-order valence-electron chi connectivity index (χ3n) is 2.65. The van der Waals surface area contributed by atoms with E-state index in [4.69, 9.17) is 0 Å². The first-order valence-corrected chi connectivity index (χ1v) is 7.22. The number of hydrogen-bond donors (Lipinski definition) is 1. The number of anilines is 1. The number of nitrogens with one attached hydrogen (secondary N) is 1. The molecule has 0 bridgehead atoms. The first kappa shape index (κ1) is 14.4. The second-order valence-electron chi connectivity index (χ2n) is 4.58. The molecule has 20 heavy (non-hydrogen) atoms. The maximum atomic E-state index is 11.9. The van der Waals surface area contributed by atoms with Gasteiger partial charge in [-0.05, 0) is 54.9 Å². The Balaban J connectivity index is 1.94. The zero-order valence-corrected chi connectivity index (χ0v) is 12.2. The Labute approximate surface area is 122 Å². The van der Waals surface area contributed by atoms with E-state index in [1.54, 1.807) is 18.2 Å². The van der Waals surface area contributed by atoms with Crippen LogP contribution in [0.5, 0.6) is 0 Å². The Morgan fingerprint density at radius 1 is 1.25 bits per heavy atom. The maximum Gasteiger partial charge on any atom is 0.251 e. The Morgan fingerprint density at radius 2 is 1.95 bits per heavy atom. The van der Waals surface area contributed by atoms with Crippen LogP contribution in [0, 0.1) is 19.1 Å². The van der Waals surface area contributed by atoms with Gasteiger partial charge in [-0.25, -0.2) is 0 Å². The van der Waals surface area contributed by atoms with Gasteiger partial charge in [0.1, 0.15) is 0 Å². The van der Waals surface area contributed by atoms with E-state index in [1.165, 1.54) is 18.0 Å². The number of thioether (sulfide) groups is 1. The molecule has 0 unspecified atom stereocenters. The van der Waals surface area contributed by atoms with Crippen molar-refractivity contribution in [1.82, 2.24) is 0 Å². The number of amides is 1. The van der Waals surface area contributed by atoms with E-state index in [9.17, 15) is 10.0 Å². The summed E-state index contributed by atoms with van der Waals surface area (Å²) in [6, 6.07) is 11.0. The van der Waals surface area contributed by atoms with Gasteiger partial charge in [-0.2, -0.15) is 4.73 Å². The molecule has 0 aliphatic carbocycles. The van der Waals surface area contributed by atoms with E-state index in [0.717, 1.165) is 21.5 Å². The van der Waals surface area contributed by atoms with Gasteiger partial charge in [0.15, 0.2) is 6.20 Å². The van der Waals surface area contributed by atoms with E-state index in [2.05, 4.69) is 11.4 Å². The normalized spacial score (nSPS) is 10.3. The molecule has 1 aromatic carbocycles. The molecule has 0 saturated heterocycles. The van der Waals surface area contributed by atoms with Crippen molar-refractivity contribution in [3.8, 4) is 0 Å². The molecule has 104 valence electrons. The predicted molar refractivity (Wildman–Crippen MR) is 80.7 cm³/mol. The molecule has 2 rings (SSSR count). The molecular formula is C15H16N2O2S. The Morgan fingerprint density at radius 3 is 2.60 bits per heavy atom. The number of aromatic nitrogens is 1. The number of nitrogens with zero attached hydrogens (tertiary/aromatic N) is 1. The molecule has 1 aromatic heterocycles. The molecule has 0 atom stereocenters. The standard InChI is InChI=1S/C15H16N2O2S/c1-11-7-12(2)9-13(8-11)16-14(18)10-20-15-5-3-4-6-17(15)19/h3-9H,10H2,1-2H3,(H,16,18). The highest BCUT2D eigenvalue weighted by Gasteiger charge is 2.09. The Hall–Kier alpha value is -2.01. The summed E-state index contributed by atoms with van der Waals surface area (Å²) < 4.78 is 0.759. The number of aryl methyl sites for hydroxylation is 2. The number of hydrogen-bond acceptors (Lipinski definition) is 3. The highest BCUT2D eigenvalue weighted by Crippen LogP contribution is 2.16. The lowest BCUT2D eigenvalue weighted by atomic mass is 10.1. The second-order valence-corrected chi connectivity index (χ2v) is 5.57. The maximum absolute atomic E-state index is 11.9. The van der Waals surface area contributed by atoms with Crippen LogP contribution < -0.4 is 10.0 Å². The van der Waals surface area contributed by atoms with Crippen LogP contribution in [0.4, 0.5) is 5.69 Å². The van der Waals surface area contributed by atoms with E-state index in [0.29, 0.717) is 5.03 Å². The van der Waals surface area contributed by atoms with Crippen molar-refractivity contribution in [3.05, 3.63) is 58.9 Å². The van der Waals surface area contributed by atoms with Gasteiger partial charge in [0.05, 0.1) is 5.75 Å². The zero-order valence-electron chi connectivity index (χ0n) is 11.4. The summed E-state index contributed by atoms with van der Waals surface area (Å²) in [4.78, 5) is 11.9. The van der Waals surface area contributed by atoms with Crippen molar-refractivity contribution in [3.63, 3.8) is 0 Å². The van der Waals surface area contributed by atoms with Crippen LogP contribution in [-0.4, -0.2) is 11.7 Å². The van der Waals surface area contributed by atoms with Gasteiger partial charge in [-0.1, -0.05) is 6.07 Å². The van der Waals surface area contributed by atoms with Crippen molar-refractivity contribution in [1.29, 1.82) is 0 Å². The average Bonchev–Trinajstić information content (AvgIpc) is 2.36. The number of carbonyl (C=O) groups is 1.